The lowest BCUT2D eigenvalue weighted by atomic mass is 10.2. The van der Waals surface area contributed by atoms with E-state index in [9.17, 15) is 8.42 Å². The van der Waals surface area contributed by atoms with Gasteiger partial charge in [-0.3, -0.25) is 4.99 Å². The summed E-state index contributed by atoms with van der Waals surface area (Å²) in [7, 11) is -1.33. The predicted molar refractivity (Wildman–Crippen MR) is 86.9 cm³/mol. The zero-order chi connectivity index (χ0) is 14.8. The van der Waals surface area contributed by atoms with E-state index < -0.39 is 10.0 Å². The summed E-state index contributed by atoms with van der Waals surface area (Å²) in [5.41, 5.74) is 0. The highest BCUT2D eigenvalue weighted by atomic mass is 32.2. The van der Waals surface area contributed by atoms with Crippen LogP contribution in [0.15, 0.2) is 4.99 Å². The molecule has 1 heterocycles. The highest BCUT2D eigenvalue weighted by Crippen LogP contribution is 2.25. The fourth-order valence-corrected chi connectivity index (χ4v) is 3.72. The number of guanidine groups is 1. The molecule has 0 aromatic heterocycles. The first kappa shape index (κ1) is 17.6. The average Bonchev–Trinajstić information content (AvgIpc) is 2.95. The van der Waals surface area contributed by atoms with Gasteiger partial charge < -0.3 is 10.6 Å². The zero-order valence-electron chi connectivity index (χ0n) is 12.3. The molecule has 0 spiro atoms. The van der Waals surface area contributed by atoms with Gasteiger partial charge in [0.25, 0.3) is 0 Å². The Labute approximate surface area is 126 Å². The monoisotopic (exact) mass is 322 g/mol. The maximum absolute atomic E-state index is 11.2. The molecule has 0 aliphatic carbocycles. The topological polar surface area (TPSA) is 82.6 Å². The van der Waals surface area contributed by atoms with Gasteiger partial charge in [-0.15, -0.1) is 0 Å². The van der Waals surface area contributed by atoms with Crippen molar-refractivity contribution in [1.82, 2.24) is 15.4 Å². The number of rotatable bonds is 8. The maximum atomic E-state index is 11.2. The molecule has 6 nitrogen and oxygen atoms in total. The minimum atomic E-state index is -3.07. The Hall–Kier alpha value is -0.470. The van der Waals surface area contributed by atoms with Gasteiger partial charge in [0.2, 0.25) is 10.0 Å². The van der Waals surface area contributed by atoms with Gasteiger partial charge in [0.15, 0.2) is 5.96 Å². The molecule has 3 N–H and O–H groups in total. The summed E-state index contributed by atoms with van der Waals surface area (Å²) in [6, 6.07) is 0. The molecule has 0 radical (unpaired) electrons. The highest BCUT2D eigenvalue weighted by molar-refractivity contribution is 8.00. The van der Waals surface area contributed by atoms with Crippen LogP contribution in [0.3, 0.4) is 0 Å². The third kappa shape index (κ3) is 7.35. The van der Waals surface area contributed by atoms with Gasteiger partial charge in [-0.1, -0.05) is 0 Å². The van der Waals surface area contributed by atoms with Crippen LogP contribution in [-0.4, -0.2) is 57.8 Å². The van der Waals surface area contributed by atoms with Crippen LogP contribution < -0.4 is 15.4 Å². The molecule has 8 heteroatoms. The van der Waals surface area contributed by atoms with E-state index in [0.717, 1.165) is 18.9 Å². The van der Waals surface area contributed by atoms with E-state index in [0.29, 0.717) is 18.3 Å². The zero-order valence-corrected chi connectivity index (χ0v) is 13.9. The van der Waals surface area contributed by atoms with Crippen LogP contribution in [0.2, 0.25) is 0 Å². The van der Waals surface area contributed by atoms with Crippen LogP contribution in [0.1, 0.15) is 26.2 Å². The van der Waals surface area contributed by atoms with Crippen LogP contribution in [0, 0.1) is 0 Å². The molecule has 1 saturated heterocycles. The standard InChI is InChI=1S/C12H26N4O2S2/c1-3-20(17,18)16-8-5-7-14-12(13-2)15-10-11-6-4-9-19-11/h11,16H,3-10H2,1-2H3,(H2,13,14,15). The SMILES string of the molecule is CCS(=O)(=O)NCCCNC(=NC)NCC1CCCS1. The fourth-order valence-electron chi connectivity index (χ4n) is 1.86. The second kappa shape index (κ2) is 9.46. The first-order valence-electron chi connectivity index (χ1n) is 7.11. The minimum absolute atomic E-state index is 0.128. The number of thioether (sulfide) groups is 1. The Kier molecular flexibility index (Phi) is 8.32. The van der Waals surface area contributed by atoms with E-state index in [4.69, 9.17) is 0 Å². The Morgan fingerprint density at radius 3 is 2.75 bits per heavy atom. The molecule has 0 aromatic rings. The molecule has 1 fully saturated rings. The Bertz CT molecular complexity index is 392. The van der Waals surface area contributed by atoms with Gasteiger partial charge in [-0.05, 0) is 31.9 Å². The van der Waals surface area contributed by atoms with Crippen molar-refractivity contribution in [2.75, 3.05) is 38.2 Å². The van der Waals surface area contributed by atoms with Crippen molar-refractivity contribution in [1.29, 1.82) is 0 Å². The van der Waals surface area contributed by atoms with Gasteiger partial charge in [0.1, 0.15) is 0 Å². The molecule has 1 unspecified atom stereocenters. The highest BCUT2D eigenvalue weighted by Gasteiger charge is 2.15. The van der Waals surface area contributed by atoms with Gasteiger partial charge in [0.05, 0.1) is 5.75 Å². The Balaban J connectivity index is 2.09. The van der Waals surface area contributed by atoms with Crippen molar-refractivity contribution < 1.29 is 8.42 Å². The summed E-state index contributed by atoms with van der Waals surface area (Å²) in [6.45, 7) is 3.72. The molecule has 0 bridgehead atoms. The maximum Gasteiger partial charge on any atom is 0.211 e. The summed E-state index contributed by atoms with van der Waals surface area (Å²) >= 11 is 2.01. The van der Waals surface area contributed by atoms with Gasteiger partial charge in [0, 0.05) is 31.9 Å². The van der Waals surface area contributed by atoms with Crippen molar-refractivity contribution in [2.24, 2.45) is 4.99 Å². The molecule has 1 rings (SSSR count). The van der Waals surface area contributed by atoms with E-state index >= 15 is 0 Å². The lowest BCUT2D eigenvalue weighted by molar-refractivity contribution is 0.579. The molecule has 0 saturated carbocycles. The molecular formula is C12H26N4O2S2. The molecule has 1 aliphatic heterocycles. The van der Waals surface area contributed by atoms with Gasteiger partial charge in [-0.25, -0.2) is 13.1 Å². The second-order valence-electron chi connectivity index (χ2n) is 4.67. The summed E-state index contributed by atoms with van der Waals surface area (Å²) in [4.78, 5) is 4.16. The van der Waals surface area contributed by atoms with Crippen LogP contribution >= 0.6 is 11.8 Å². The number of sulfonamides is 1. The Morgan fingerprint density at radius 1 is 1.35 bits per heavy atom. The van der Waals surface area contributed by atoms with Crippen LogP contribution in [0.25, 0.3) is 0 Å². The van der Waals surface area contributed by atoms with Crippen molar-refractivity contribution in [2.45, 2.75) is 31.4 Å². The number of hydrogen-bond acceptors (Lipinski definition) is 4. The normalized spacial score (nSPS) is 20.1. The van der Waals surface area contributed by atoms with Gasteiger partial charge in [-0.2, -0.15) is 11.8 Å². The number of nitrogens with zero attached hydrogens (tertiary/aromatic N) is 1. The van der Waals surface area contributed by atoms with Gasteiger partial charge >= 0.3 is 0 Å². The summed E-state index contributed by atoms with van der Waals surface area (Å²) in [6.07, 6.45) is 3.31. The minimum Gasteiger partial charge on any atom is -0.356 e. The molecular weight excluding hydrogens is 296 g/mol. The van der Waals surface area contributed by atoms with E-state index in [1.54, 1.807) is 14.0 Å². The first-order valence-corrected chi connectivity index (χ1v) is 9.81. The van der Waals surface area contributed by atoms with Crippen molar-refractivity contribution in [3.8, 4) is 0 Å². The van der Waals surface area contributed by atoms with E-state index in [-0.39, 0.29) is 5.75 Å². The summed E-state index contributed by atoms with van der Waals surface area (Å²) in [5.74, 6) is 2.18. The van der Waals surface area contributed by atoms with E-state index in [1.165, 1.54) is 18.6 Å². The lowest BCUT2D eigenvalue weighted by Crippen LogP contribution is -2.41. The van der Waals surface area contributed by atoms with Crippen molar-refractivity contribution in [3.63, 3.8) is 0 Å². The summed E-state index contributed by atoms with van der Waals surface area (Å²) < 4.78 is 25.0. The molecule has 0 amide bonds. The third-order valence-corrected chi connectivity index (χ3v) is 5.89. The molecule has 1 aliphatic rings. The largest absolute Gasteiger partial charge is 0.356 e. The van der Waals surface area contributed by atoms with E-state index in [2.05, 4.69) is 20.3 Å². The second-order valence-corrected chi connectivity index (χ2v) is 8.17. The molecule has 0 aromatic carbocycles. The number of hydrogen-bond donors (Lipinski definition) is 3. The van der Waals surface area contributed by atoms with Crippen molar-refractivity contribution >= 4 is 27.7 Å². The first-order chi connectivity index (χ1) is 9.57. The van der Waals surface area contributed by atoms with E-state index in [1.807, 2.05) is 11.8 Å². The fraction of sp³-hybridized carbons (Fsp3) is 0.917. The molecule has 1 atom stereocenters. The van der Waals surface area contributed by atoms with Crippen molar-refractivity contribution in [3.05, 3.63) is 0 Å². The Morgan fingerprint density at radius 2 is 2.15 bits per heavy atom. The average molecular weight is 323 g/mol. The van der Waals surface area contributed by atoms with Crippen LogP contribution in [0.4, 0.5) is 0 Å². The smallest absolute Gasteiger partial charge is 0.211 e. The molecule has 20 heavy (non-hydrogen) atoms. The number of nitrogens with one attached hydrogen (secondary N) is 3. The molecule has 118 valence electrons. The van der Waals surface area contributed by atoms with Crippen LogP contribution in [-0.2, 0) is 10.0 Å². The number of aliphatic imine (C=N–C) groups is 1. The summed E-state index contributed by atoms with van der Waals surface area (Å²) in [5, 5.41) is 7.19. The quantitative estimate of drug-likeness (QED) is 0.342. The van der Waals surface area contributed by atoms with Crippen LogP contribution in [0.5, 0.6) is 0 Å². The third-order valence-electron chi connectivity index (χ3n) is 3.09. The predicted octanol–water partition coefficient (Wildman–Crippen LogP) is 0.376. The lowest BCUT2D eigenvalue weighted by Gasteiger charge is -2.14.